The van der Waals surface area contributed by atoms with Gasteiger partial charge in [0.15, 0.2) is 0 Å². The van der Waals surface area contributed by atoms with Gasteiger partial charge >= 0.3 is 6.03 Å². The zero-order valence-corrected chi connectivity index (χ0v) is 23.7. The zero-order chi connectivity index (χ0) is 26.8. The molecule has 3 amide bonds. The first-order chi connectivity index (χ1) is 18.5. The fraction of sp³-hybridized carbons (Fsp3) is 0.900. The van der Waals surface area contributed by atoms with Crippen LogP contribution in [-0.4, -0.2) is 78.8 Å². The third-order valence-corrected chi connectivity index (χ3v) is 9.55. The van der Waals surface area contributed by atoms with Gasteiger partial charge in [0, 0.05) is 25.7 Å². The molecule has 2 saturated heterocycles. The van der Waals surface area contributed by atoms with Gasteiger partial charge in [-0.1, -0.05) is 71.1 Å². The Morgan fingerprint density at radius 3 is 2.29 bits per heavy atom. The summed E-state index contributed by atoms with van der Waals surface area (Å²) in [5, 5.41) is 16.7. The van der Waals surface area contributed by atoms with E-state index in [1.54, 1.807) is 4.90 Å². The Bertz CT molecular complexity index is 798. The maximum atomic E-state index is 13.8. The Morgan fingerprint density at radius 1 is 1.00 bits per heavy atom. The molecule has 38 heavy (non-hydrogen) atoms. The Morgan fingerprint density at radius 2 is 1.66 bits per heavy atom. The van der Waals surface area contributed by atoms with E-state index in [0.29, 0.717) is 57.5 Å². The lowest BCUT2D eigenvalue weighted by molar-refractivity contribution is -0.125. The van der Waals surface area contributed by atoms with Crippen molar-refractivity contribution in [1.82, 2.24) is 20.4 Å². The van der Waals surface area contributed by atoms with Gasteiger partial charge in [-0.25, -0.2) is 4.79 Å². The van der Waals surface area contributed by atoms with Crippen LogP contribution in [0.2, 0.25) is 0 Å². The highest BCUT2D eigenvalue weighted by molar-refractivity contribution is 5.87. The number of hydrogen-bond acceptors (Lipinski definition) is 5. The van der Waals surface area contributed by atoms with Gasteiger partial charge in [-0.05, 0) is 50.5 Å². The van der Waals surface area contributed by atoms with Crippen molar-refractivity contribution in [3.8, 4) is 6.07 Å². The Hall–Kier alpha value is -1.85. The van der Waals surface area contributed by atoms with E-state index >= 15 is 0 Å². The molecule has 2 saturated carbocycles. The molecule has 0 aromatic carbocycles. The predicted octanol–water partition coefficient (Wildman–Crippen LogP) is 4.59. The monoisotopic (exact) mass is 529 g/mol. The van der Waals surface area contributed by atoms with Gasteiger partial charge in [-0.15, -0.1) is 0 Å². The van der Waals surface area contributed by atoms with Crippen LogP contribution in [0.4, 0.5) is 4.79 Å². The lowest BCUT2D eigenvalue weighted by Crippen LogP contribution is -2.62. The number of carbonyl (C=O) groups is 2. The first-order valence-electron chi connectivity index (χ1n) is 15.6. The van der Waals surface area contributed by atoms with Gasteiger partial charge in [0.05, 0.1) is 19.3 Å². The van der Waals surface area contributed by atoms with Gasteiger partial charge in [0.2, 0.25) is 5.91 Å². The molecule has 3 atom stereocenters. The highest BCUT2D eigenvalue weighted by atomic mass is 16.5. The SMILES string of the molecule is CCCN1CCC(C#N)(NC(=O)C(CC2CCCCC2)NC(=O)N2CCOCC2)CC1CC1CCCCC1. The van der Waals surface area contributed by atoms with E-state index in [1.807, 2.05) is 0 Å². The molecule has 4 rings (SSSR count). The van der Waals surface area contributed by atoms with Gasteiger partial charge < -0.3 is 25.2 Å². The second-order valence-corrected chi connectivity index (χ2v) is 12.4. The number of ether oxygens (including phenoxy) is 1. The maximum absolute atomic E-state index is 13.8. The Balaban J connectivity index is 1.44. The van der Waals surface area contributed by atoms with Gasteiger partial charge in [0.1, 0.15) is 11.6 Å². The number of morpholine rings is 1. The molecule has 8 heteroatoms. The number of nitrogens with one attached hydrogen (secondary N) is 2. The topological polar surface area (TPSA) is 97.7 Å². The number of piperidine rings is 1. The first kappa shape index (κ1) is 29.1. The van der Waals surface area contributed by atoms with Crippen LogP contribution >= 0.6 is 0 Å². The van der Waals surface area contributed by atoms with Gasteiger partial charge in [0.25, 0.3) is 0 Å². The van der Waals surface area contributed by atoms with E-state index in [2.05, 4.69) is 28.5 Å². The van der Waals surface area contributed by atoms with Crippen LogP contribution in [-0.2, 0) is 9.53 Å². The number of nitrogens with zero attached hydrogens (tertiary/aromatic N) is 3. The predicted molar refractivity (Wildman–Crippen MR) is 148 cm³/mol. The summed E-state index contributed by atoms with van der Waals surface area (Å²) >= 11 is 0. The van der Waals surface area contributed by atoms with Crippen LogP contribution in [0.25, 0.3) is 0 Å². The van der Waals surface area contributed by atoms with Crippen LogP contribution in [0.1, 0.15) is 103 Å². The summed E-state index contributed by atoms with van der Waals surface area (Å²) in [5.41, 5.74) is -0.866. The average Bonchev–Trinajstić information content (AvgIpc) is 2.95. The first-order valence-corrected chi connectivity index (χ1v) is 15.6. The summed E-state index contributed by atoms with van der Waals surface area (Å²) in [6, 6.07) is 2.08. The van der Waals surface area contributed by atoms with Crippen molar-refractivity contribution in [2.24, 2.45) is 11.8 Å². The third kappa shape index (κ3) is 8.08. The molecule has 0 bridgehead atoms. The summed E-state index contributed by atoms with van der Waals surface area (Å²) in [4.78, 5) is 31.2. The number of rotatable bonds is 9. The van der Waals surface area contributed by atoms with E-state index < -0.39 is 11.6 Å². The number of carbonyl (C=O) groups excluding carboxylic acids is 2. The van der Waals surface area contributed by atoms with Gasteiger partial charge in [-0.3, -0.25) is 4.79 Å². The molecule has 0 aromatic rings. The number of amides is 3. The number of likely N-dealkylation sites (tertiary alicyclic amines) is 1. The summed E-state index contributed by atoms with van der Waals surface area (Å²) in [6.45, 7) is 6.25. The molecule has 214 valence electrons. The standard InChI is InChI=1S/C30H51N5O3/c1-2-14-34-15-13-30(23-31,22-26(34)20-24-9-5-3-6-10-24)33-28(36)27(21-25-11-7-4-8-12-25)32-29(37)35-16-18-38-19-17-35/h24-27H,2-22H2,1H3,(H,32,37)(H,33,36). The Labute approximate surface area is 230 Å². The van der Waals surface area contributed by atoms with Crippen molar-refractivity contribution >= 4 is 11.9 Å². The molecule has 4 aliphatic rings. The molecular weight excluding hydrogens is 478 g/mol. The summed E-state index contributed by atoms with van der Waals surface area (Å²) < 4.78 is 5.40. The van der Waals surface area contributed by atoms with E-state index in [0.717, 1.165) is 44.7 Å². The minimum Gasteiger partial charge on any atom is -0.378 e. The molecule has 8 nitrogen and oxygen atoms in total. The van der Waals surface area contributed by atoms with Gasteiger partial charge in [-0.2, -0.15) is 5.26 Å². The molecule has 2 aliphatic heterocycles. The number of nitriles is 1. The molecule has 0 aromatic heterocycles. The second kappa shape index (κ2) is 14.5. The minimum atomic E-state index is -0.866. The molecule has 2 N–H and O–H groups in total. The Kier molecular flexibility index (Phi) is 11.1. The summed E-state index contributed by atoms with van der Waals surface area (Å²) in [6.07, 6.45) is 16.6. The van der Waals surface area contributed by atoms with Crippen LogP contribution in [0, 0.1) is 23.2 Å². The van der Waals surface area contributed by atoms with E-state index in [-0.39, 0.29) is 11.9 Å². The quantitative estimate of drug-likeness (QED) is 0.455. The van der Waals surface area contributed by atoms with Crippen LogP contribution in [0.15, 0.2) is 0 Å². The summed E-state index contributed by atoms with van der Waals surface area (Å²) in [7, 11) is 0. The lowest BCUT2D eigenvalue weighted by Gasteiger charge is -2.45. The van der Waals surface area contributed by atoms with Crippen molar-refractivity contribution in [1.29, 1.82) is 5.26 Å². The highest BCUT2D eigenvalue weighted by Gasteiger charge is 2.43. The lowest BCUT2D eigenvalue weighted by atomic mass is 9.77. The zero-order valence-electron chi connectivity index (χ0n) is 23.7. The second-order valence-electron chi connectivity index (χ2n) is 12.4. The van der Waals surface area contributed by atoms with Crippen molar-refractivity contribution in [2.45, 2.75) is 121 Å². The molecule has 0 spiro atoms. The van der Waals surface area contributed by atoms with E-state index in [9.17, 15) is 14.9 Å². The normalized spacial score (nSPS) is 28.8. The molecule has 0 radical (unpaired) electrons. The maximum Gasteiger partial charge on any atom is 0.318 e. The van der Waals surface area contributed by atoms with Crippen molar-refractivity contribution in [3.05, 3.63) is 0 Å². The number of urea groups is 1. The van der Waals surface area contributed by atoms with Crippen molar-refractivity contribution in [2.75, 3.05) is 39.4 Å². The molecule has 4 fully saturated rings. The van der Waals surface area contributed by atoms with Crippen molar-refractivity contribution in [3.63, 3.8) is 0 Å². The van der Waals surface area contributed by atoms with Crippen LogP contribution in [0.3, 0.4) is 0 Å². The van der Waals surface area contributed by atoms with Crippen LogP contribution in [0.5, 0.6) is 0 Å². The fourth-order valence-corrected chi connectivity index (χ4v) is 7.33. The average molecular weight is 530 g/mol. The largest absolute Gasteiger partial charge is 0.378 e. The van der Waals surface area contributed by atoms with Crippen LogP contribution < -0.4 is 10.6 Å². The molecule has 2 heterocycles. The van der Waals surface area contributed by atoms with Crippen molar-refractivity contribution < 1.29 is 14.3 Å². The number of hydrogen-bond donors (Lipinski definition) is 2. The third-order valence-electron chi connectivity index (χ3n) is 9.55. The fourth-order valence-electron chi connectivity index (χ4n) is 7.33. The molecular formula is C30H51N5O3. The smallest absolute Gasteiger partial charge is 0.318 e. The highest BCUT2D eigenvalue weighted by Crippen LogP contribution is 2.35. The molecule has 3 unspecified atom stereocenters. The van der Waals surface area contributed by atoms with E-state index in [1.165, 1.54) is 51.4 Å². The summed E-state index contributed by atoms with van der Waals surface area (Å²) in [5.74, 6) is 0.984. The molecule has 2 aliphatic carbocycles. The minimum absolute atomic E-state index is 0.181. The van der Waals surface area contributed by atoms with E-state index in [4.69, 9.17) is 4.74 Å².